The monoisotopic (exact) mass is 363 g/mol. The maximum atomic E-state index is 12.8. The largest absolute Gasteiger partial charge is 0.381 e. The number of carbonyl (C=O) groups excluding carboxylic acids is 1. The Bertz CT molecular complexity index is 876. The van der Waals surface area contributed by atoms with Crippen molar-refractivity contribution in [3.63, 3.8) is 0 Å². The van der Waals surface area contributed by atoms with Gasteiger partial charge >= 0.3 is 0 Å². The van der Waals surface area contributed by atoms with Gasteiger partial charge in [0, 0.05) is 25.6 Å². The summed E-state index contributed by atoms with van der Waals surface area (Å²) in [4.78, 5) is 18.5. The van der Waals surface area contributed by atoms with Gasteiger partial charge in [0.15, 0.2) is 5.69 Å². The van der Waals surface area contributed by atoms with E-state index in [-0.39, 0.29) is 11.9 Å². The summed E-state index contributed by atoms with van der Waals surface area (Å²) in [5.41, 5.74) is 2.10. The molecule has 7 nitrogen and oxygen atoms in total. The zero-order valence-electron chi connectivity index (χ0n) is 14.9. The fourth-order valence-electron chi connectivity index (χ4n) is 3.35. The van der Waals surface area contributed by atoms with Crippen LogP contribution in [0.1, 0.15) is 34.9 Å². The number of carbonyl (C=O) groups is 1. The van der Waals surface area contributed by atoms with Crippen molar-refractivity contribution >= 4 is 5.91 Å². The highest BCUT2D eigenvalue weighted by Crippen LogP contribution is 2.30. The van der Waals surface area contributed by atoms with Gasteiger partial charge < -0.3 is 10.1 Å². The number of rotatable bonds is 5. The minimum Gasteiger partial charge on any atom is -0.381 e. The van der Waals surface area contributed by atoms with Crippen LogP contribution in [-0.4, -0.2) is 39.1 Å². The molecule has 7 heteroatoms. The molecule has 27 heavy (non-hydrogen) atoms. The van der Waals surface area contributed by atoms with Gasteiger partial charge in [-0.05, 0) is 42.5 Å². The van der Waals surface area contributed by atoms with Crippen molar-refractivity contribution in [2.45, 2.75) is 18.9 Å². The van der Waals surface area contributed by atoms with Gasteiger partial charge in [-0.2, -0.15) is 9.90 Å². The molecule has 1 saturated heterocycles. The molecule has 0 saturated carbocycles. The number of pyridine rings is 1. The summed E-state index contributed by atoms with van der Waals surface area (Å²) in [6.45, 7) is 1.42. The molecule has 0 unspecified atom stereocenters. The third-order valence-corrected chi connectivity index (χ3v) is 4.78. The molecular formula is C20H21N5O2. The van der Waals surface area contributed by atoms with Crippen LogP contribution in [0.15, 0.2) is 61.1 Å². The van der Waals surface area contributed by atoms with Crippen LogP contribution in [0.25, 0.3) is 5.69 Å². The quantitative estimate of drug-likeness (QED) is 0.753. The highest BCUT2D eigenvalue weighted by Gasteiger charge is 2.28. The van der Waals surface area contributed by atoms with E-state index >= 15 is 0 Å². The third kappa shape index (κ3) is 4.03. The highest BCUT2D eigenvalue weighted by atomic mass is 16.5. The molecule has 1 aliphatic heterocycles. The van der Waals surface area contributed by atoms with Crippen LogP contribution in [0.2, 0.25) is 0 Å². The number of hydrogen-bond acceptors (Lipinski definition) is 5. The number of hydrogen-bond donors (Lipinski definition) is 1. The van der Waals surface area contributed by atoms with E-state index in [0.717, 1.165) is 24.1 Å². The van der Waals surface area contributed by atoms with Crippen molar-refractivity contribution in [2.24, 2.45) is 5.92 Å². The van der Waals surface area contributed by atoms with E-state index in [0.29, 0.717) is 24.8 Å². The Hall–Kier alpha value is -3.06. The van der Waals surface area contributed by atoms with E-state index in [9.17, 15) is 4.79 Å². The Labute approximate surface area is 157 Å². The van der Waals surface area contributed by atoms with Crippen LogP contribution in [0.3, 0.4) is 0 Å². The van der Waals surface area contributed by atoms with E-state index in [2.05, 4.69) is 20.5 Å². The molecule has 3 heterocycles. The van der Waals surface area contributed by atoms with Crippen molar-refractivity contribution in [3.05, 3.63) is 72.3 Å². The normalized spacial score (nSPS) is 16.0. The second-order valence-electron chi connectivity index (χ2n) is 6.54. The molecule has 1 atom stereocenters. The first kappa shape index (κ1) is 17.4. The minimum absolute atomic E-state index is 0.128. The van der Waals surface area contributed by atoms with Crippen LogP contribution >= 0.6 is 0 Å². The number of benzene rings is 1. The van der Waals surface area contributed by atoms with Gasteiger partial charge in [0.05, 0.1) is 17.9 Å². The minimum atomic E-state index is -0.238. The van der Waals surface area contributed by atoms with Crippen molar-refractivity contribution in [3.8, 4) is 5.69 Å². The lowest BCUT2D eigenvalue weighted by atomic mass is 9.87. The average molecular weight is 363 g/mol. The third-order valence-electron chi connectivity index (χ3n) is 4.78. The van der Waals surface area contributed by atoms with Gasteiger partial charge in [0.1, 0.15) is 0 Å². The summed E-state index contributed by atoms with van der Waals surface area (Å²) in [5.74, 6) is 0.0635. The Morgan fingerprint density at radius 1 is 1.11 bits per heavy atom. The second-order valence-corrected chi connectivity index (χ2v) is 6.54. The van der Waals surface area contributed by atoms with Crippen LogP contribution in [0.5, 0.6) is 0 Å². The molecule has 1 fully saturated rings. The number of ether oxygens (including phenoxy) is 1. The Balaban J connectivity index is 1.54. The molecule has 138 valence electrons. The summed E-state index contributed by atoms with van der Waals surface area (Å²) in [7, 11) is 0. The molecule has 0 bridgehead atoms. The molecule has 2 aromatic heterocycles. The van der Waals surface area contributed by atoms with Gasteiger partial charge in [0.2, 0.25) is 0 Å². The molecule has 4 rings (SSSR count). The molecule has 0 radical (unpaired) electrons. The number of nitrogens with zero attached hydrogens (tertiary/aromatic N) is 4. The average Bonchev–Trinajstić information content (AvgIpc) is 3.24. The Morgan fingerprint density at radius 2 is 1.93 bits per heavy atom. The van der Waals surface area contributed by atoms with Gasteiger partial charge in [0.25, 0.3) is 5.91 Å². The lowest BCUT2D eigenvalue weighted by Crippen LogP contribution is -2.36. The molecule has 1 aliphatic rings. The molecule has 0 aliphatic carbocycles. The van der Waals surface area contributed by atoms with Gasteiger partial charge in [-0.15, -0.1) is 5.10 Å². The first-order valence-corrected chi connectivity index (χ1v) is 9.07. The maximum absolute atomic E-state index is 12.8. The summed E-state index contributed by atoms with van der Waals surface area (Å²) in [6.07, 6.45) is 6.83. The van der Waals surface area contributed by atoms with E-state index < -0.39 is 0 Å². The molecule has 3 aromatic rings. The van der Waals surface area contributed by atoms with E-state index in [4.69, 9.17) is 4.74 Å². The van der Waals surface area contributed by atoms with Crippen molar-refractivity contribution in [1.29, 1.82) is 0 Å². The first-order valence-electron chi connectivity index (χ1n) is 9.07. The predicted octanol–water partition coefficient (Wildman–Crippen LogP) is 2.56. The van der Waals surface area contributed by atoms with Crippen LogP contribution in [-0.2, 0) is 4.74 Å². The van der Waals surface area contributed by atoms with Crippen LogP contribution < -0.4 is 5.32 Å². The number of para-hydroxylation sites is 1. The summed E-state index contributed by atoms with van der Waals surface area (Å²) < 4.78 is 5.47. The molecule has 1 N–H and O–H groups in total. The maximum Gasteiger partial charge on any atom is 0.273 e. The summed E-state index contributed by atoms with van der Waals surface area (Å²) >= 11 is 0. The topological polar surface area (TPSA) is 81.9 Å². The van der Waals surface area contributed by atoms with E-state index in [1.165, 1.54) is 11.0 Å². The second kappa shape index (κ2) is 8.09. The van der Waals surface area contributed by atoms with E-state index in [1.54, 1.807) is 12.4 Å². The molecule has 1 amide bonds. The van der Waals surface area contributed by atoms with Gasteiger partial charge in [-0.3, -0.25) is 9.78 Å². The molecule has 0 spiro atoms. The van der Waals surface area contributed by atoms with E-state index in [1.807, 2.05) is 42.5 Å². The first-order chi connectivity index (χ1) is 13.3. The highest BCUT2D eigenvalue weighted by molar-refractivity contribution is 5.92. The number of nitrogens with one attached hydrogen (secondary N) is 1. The molecule has 1 aromatic carbocycles. The van der Waals surface area contributed by atoms with Gasteiger partial charge in [-0.25, -0.2) is 0 Å². The smallest absolute Gasteiger partial charge is 0.273 e. The van der Waals surface area contributed by atoms with Crippen LogP contribution in [0, 0.1) is 5.92 Å². The van der Waals surface area contributed by atoms with Gasteiger partial charge in [-0.1, -0.05) is 24.3 Å². The number of amides is 1. The fourth-order valence-corrected chi connectivity index (χ4v) is 3.35. The van der Waals surface area contributed by atoms with Crippen molar-refractivity contribution < 1.29 is 9.53 Å². The fraction of sp³-hybridized carbons (Fsp3) is 0.300. The number of aromatic nitrogens is 4. The Morgan fingerprint density at radius 3 is 2.67 bits per heavy atom. The lowest BCUT2D eigenvalue weighted by Gasteiger charge is -2.30. The summed E-state index contributed by atoms with van der Waals surface area (Å²) in [5, 5.41) is 11.7. The standard InChI is InChI=1S/C20H21N5O2/c26-20(18-14-22-25(24-18)17-6-2-1-3-7-17)23-19(15-8-11-27-12-9-15)16-5-4-10-21-13-16/h1-7,10,13-15,19H,8-9,11-12H2,(H,23,26)/t19-/m0/s1. The van der Waals surface area contributed by atoms with Crippen LogP contribution in [0.4, 0.5) is 0 Å². The predicted molar refractivity (Wildman–Crippen MR) is 99.3 cm³/mol. The zero-order valence-corrected chi connectivity index (χ0v) is 14.9. The lowest BCUT2D eigenvalue weighted by molar-refractivity contribution is 0.0512. The van der Waals surface area contributed by atoms with Crippen molar-refractivity contribution in [2.75, 3.05) is 13.2 Å². The summed E-state index contributed by atoms with van der Waals surface area (Å²) in [6, 6.07) is 13.3. The van der Waals surface area contributed by atoms with Crippen molar-refractivity contribution in [1.82, 2.24) is 25.3 Å². The Kier molecular flexibility index (Phi) is 5.20. The SMILES string of the molecule is O=C(N[C@H](c1cccnc1)C1CCOCC1)c1cnn(-c2ccccc2)n1. The zero-order chi connectivity index (χ0) is 18.5. The molecular weight excluding hydrogens is 342 g/mol.